The summed E-state index contributed by atoms with van der Waals surface area (Å²) in [4.78, 5) is 28.5. The van der Waals surface area contributed by atoms with Crippen LogP contribution in [0.4, 0.5) is 10.2 Å². The van der Waals surface area contributed by atoms with Crippen molar-refractivity contribution in [1.82, 2.24) is 5.16 Å². The molecule has 1 aliphatic carbocycles. The lowest BCUT2D eigenvalue weighted by Crippen LogP contribution is -2.42. The van der Waals surface area contributed by atoms with Crippen molar-refractivity contribution >= 4 is 17.5 Å². The molecule has 168 valence electrons. The Morgan fingerprint density at radius 1 is 1.22 bits per heavy atom. The minimum absolute atomic E-state index is 0.0365. The number of Topliss-reactive ketones (excluding diaryl/α,β-unsaturated/α-hetero) is 1. The number of fused-ring (bicyclic) bond motifs is 1. The van der Waals surface area contributed by atoms with Gasteiger partial charge >= 0.3 is 0 Å². The molecule has 2 aromatic rings. The molecule has 32 heavy (non-hydrogen) atoms. The second-order valence-corrected chi connectivity index (χ2v) is 8.89. The first-order valence-electron chi connectivity index (χ1n) is 11.0. The molecular weight excluding hydrogens is 415 g/mol. The first-order chi connectivity index (χ1) is 15.3. The van der Waals surface area contributed by atoms with Crippen LogP contribution in [0.15, 0.2) is 46.2 Å². The highest BCUT2D eigenvalue weighted by molar-refractivity contribution is 6.17. The minimum Gasteiger partial charge on any atom is -0.491 e. The van der Waals surface area contributed by atoms with Crippen molar-refractivity contribution in [3.8, 4) is 5.75 Å². The molecular formula is C24H25FN2O5. The normalized spacial score (nSPS) is 27.5. The Hall–Kier alpha value is -3.16. The molecule has 0 N–H and O–H groups in total. The smallest absolute Gasteiger partial charge is 0.295 e. The number of benzene rings is 1. The van der Waals surface area contributed by atoms with Gasteiger partial charge in [-0.1, -0.05) is 17.3 Å². The fourth-order valence-electron chi connectivity index (χ4n) is 4.86. The third kappa shape index (κ3) is 3.38. The van der Waals surface area contributed by atoms with Gasteiger partial charge in [-0.15, -0.1) is 0 Å². The maximum atomic E-state index is 14.1. The summed E-state index contributed by atoms with van der Waals surface area (Å²) < 4.78 is 31.3. The summed E-state index contributed by atoms with van der Waals surface area (Å²) in [6.45, 7) is 5.58. The van der Waals surface area contributed by atoms with Gasteiger partial charge in [0.1, 0.15) is 23.8 Å². The summed E-state index contributed by atoms with van der Waals surface area (Å²) in [6, 6.07) is 8.17. The van der Waals surface area contributed by atoms with Gasteiger partial charge in [0.05, 0.1) is 23.6 Å². The molecule has 3 heterocycles. The van der Waals surface area contributed by atoms with E-state index in [9.17, 15) is 14.0 Å². The Labute approximate surface area is 185 Å². The van der Waals surface area contributed by atoms with Crippen molar-refractivity contribution in [3.05, 3.63) is 53.0 Å². The van der Waals surface area contributed by atoms with E-state index in [0.29, 0.717) is 35.7 Å². The minimum atomic E-state index is -1.04. The molecule has 1 fully saturated rings. The molecule has 1 aromatic heterocycles. The van der Waals surface area contributed by atoms with Gasteiger partial charge in [0.2, 0.25) is 0 Å². The first-order valence-corrected chi connectivity index (χ1v) is 11.0. The highest BCUT2D eigenvalue weighted by atomic mass is 19.1. The van der Waals surface area contributed by atoms with Gasteiger partial charge in [0.25, 0.3) is 5.91 Å². The number of alkyl halides is 1. The molecule has 5 rings (SSSR count). The number of ether oxygens (including phenoxy) is 2. The van der Waals surface area contributed by atoms with Crippen LogP contribution in [0.5, 0.6) is 5.75 Å². The molecule has 8 heteroatoms. The number of aryl methyl sites for hydroxylation is 1. The molecule has 1 aromatic carbocycles. The lowest BCUT2D eigenvalue weighted by molar-refractivity contribution is -0.133. The fraction of sp³-hybridized carbons (Fsp3) is 0.458. The van der Waals surface area contributed by atoms with Gasteiger partial charge in [-0.25, -0.2) is 4.39 Å². The molecule has 1 saturated carbocycles. The van der Waals surface area contributed by atoms with E-state index >= 15 is 0 Å². The molecule has 4 atom stereocenters. The Morgan fingerprint density at radius 3 is 2.75 bits per heavy atom. The standard InChI is InChI=1S/C24H25FN2O5/c1-12(2)30-16-6-4-5-14(10-16)21-20-22(28)17-11-15(25)7-8-18(17)31-23(20)24(29)27(21)19-9-13(3)32-26-19/h4-6,9-10,12,15,17-18,21H,7-8,11H2,1-3H3. The van der Waals surface area contributed by atoms with Gasteiger partial charge in [0, 0.05) is 6.07 Å². The van der Waals surface area contributed by atoms with Crippen molar-refractivity contribution in [2.45, 2.75) is 64.5 Å². The number of hydrogen-bond donors (Lipinski definition) is 0. The first kappa shape index (κ1) is 20.7. The van der Waals surface area contributed by atoms with E-state index in [1.807, 2.05) is 38.1 Å². The van der Waals surface area contributed by atoms with E-state index in [-0.39, 0.29) is 29.6 Å². The summed E-state index contributed by atoms with van der Waals surface area (Å²) in [7, 11) is 0. The van der Waals surface area contributed by atoms with Gasteiger partial charge in [-0.2, -0.15) is 0 Å². The zero-order valence-corrected chi connectivity index (χ0v) is 18.2. The SMILES string of the molecule is Cc1cc(N2C(=O)C3=C(C(=O)C4CC(F)CCC4O3)C2c2cccc(OC(C)C)c2)no1. The van der Waals surface area contributed by atoms with Crippen molar-refractivity contribution in [1.29, 1.82) is 0 Å². The molecule has 3 aliphatic rings. The topological polar surface area (TPSA) is 81.9 Å². The van der Waals surface area contributed by atoms with Gasteiger partial charge < -0.3 is 14.0 Å². The number of amides is 1. The number of carbonyl (C=O) groups is 2. The fourth-order valence-corrected chi connectivity index (χ4v) is 4.86. The van der Waals surface area contributed by atoms with E-state index in [2.05, 4.69) is 5.16 Å². The quantitative estimate of drug-likeness (QED) is 0.708. The summed E-state index contributed by atoms with van der Waals surface area (Å²) in [6.07, 6.45) is -0.710. The Balaban J connectivity index is 1.62. The summed E-state index contributed by atoms with van der Waals surface area (Å²) in [5.74, 6) is 0.229. The maximum Gasteiger partial charge on any atom is 0.295 e. The van der Waals surface area contributed by atoms with E-state index in [0.717, 1.165) is 0 Å². The van der Waals surface area contributed by atoms with Gasteiger partial charge in [-0.3, -0.25) is 14.5 Å². The Kier molecular flexibility index (Phi) is 5.03. The predicted octanol–water partition coefficient (Wildman–Crippen LogP) is 4.22. The Bertz CT molecular complexity index is 1110. The second kappa shape index (κ2) is 7.76. The van der Waals surface area contributed by atoms with Crippen LogP contribution in [0, 0.1) is 12.8 Å². The van der Waals surface area contributed by atoms with Crippen LogP contribution in [0.2, 0.25) is 0 Å². The van der Waals surface area contributed by atoms with E-state index in [4.69, 9.17) is 14.0 Å². The van der Waals surface area contributed by atoms with Crippen molar-refractivity contribution in [3.63, 3.8) is 0 Å². The lowest BCUT2D eigenvalue weighted by Gasteiger charge is -2.36. The summed E-state index contributed by atoms with van der Waals surface area (Å²) >= 11 is 0. The average Bonchev–Trinajstić information content (AvgIpc) is 3.29. The molecule has 1 amide bonds. The number of aromatic nitrogens is 1. The third-order valence-electron chi connectivity index (χ3n) is 6.19. The van der Waals surface area contributed by atoms with Crippen molar-refractivity contribution in [2.24, 2.45) is 5.92 Å². The van der Waals surface area contributed by atoms with Crippen molar-refractivity contribution < 1.29 is 28.0 Å². The second-order valence-electron chi connectivity index (χ2n) is 8.89. The molecule has 7 nitrogen and oxygen atoms in total. The van der Waals surface area contributed by atoms with Crippen LogP contribution in [0.1, 0.15) is 50.5 Å². The molecule has 0 spiro atoms. The van der Waals surface area contributed by atoms with Crippen LogP contribution in [-0.2, 0) is 14.3 Å². The van der Waals surface area contributed by atoms with Gasteiger partial charge in [0.15, 0.2) is 17.4 Å². The van der Waals surface area contributed by atoms with Crippen LogP contribution >= 0.6 is 0 Å². The summed E-state index contributed by atoms with van der Waals surface area (Å²) in [5, 5.41) is 4.03. The summed E-state index contributed by atoms with van der Waals surface area (Å²) in [5.41, 5.74) is 0.942. The highest BCUT2D eigenvalue weighted by Crippen LogP contribution is 2.48. The molecule has 4 unspecified atom stereocenters. The molecule has 0 saturated heterocycles. The lowest BCUT2D eigenvalue weighted by atomic mass is 9.77. The number of rotatable bonds is 4. The van der Waals surface area contributed by atoms with E-state index in [1.165, 1.54) is 4.90 Å². The number of hydrogen-bond acceptors (Lipinski definition) is 6. The largest absolute Gasteiger partial charge is 0.491 e. The predicted molar refractivity (Wildman–Crippen MR) is 113 cm³/mol. The number of anilines is 1. The maximum absolute atomic E-state index is 14.1. The van der Waals surface area contributed by atoms with E-state index in [1.54, 1.807) is 13.0 Å². The van der Waals surface area contributed by atoms with Crippen molar-refractivity contribution in [2.75, 3.05) is 4.90 Å². The molecule has 0 bridgehead atoms. The molecule has 2 aliphatic heterocycles. The van der Waals surface area contributed by atoms with Crippen LogP contribution in [0.3, 0.4) is 0 Å². The molecule has 0 radical (unpaired) electrons. The third-order valence-corrected chi connectivity index (χ3v) is 6.19. The van der Waals surface area contributed by atoms with E-state index < -0.39 is 30.1 Å². The zero-order chi connectivity index (χ0) is 22.6. The number of halogens is 1. The average molecular weight is 440 g/mol. The monoisotopic (exact) mass is 440 g/mol. The van der Waals surface area contributed by atoms with Gasteiger partial charge in [-0.05, 0) is 57.7 Å². The number of carbonyl (C=O) groups excluding carboxylic acids is 2. The van der Waals surface area contributed by atoms with Crippen LogP contribution in [-0.4, -0.2) is 35.2 Å². The highest BCUT2D eigenvalue weighted by Gasteiger charge is 2.54. The van der Waals surface area contributed by atoms with Crippen LogP contribution in [0.25, 0.3) is 0 Å². The number of ketones is 1. The van der Waals surface area contributed by atoms with Crippen LogP contribution < -0.4 is 9.64 Å². The number of nitrogens with zero attached hydrogens (tertiary/aromatic N) is 2. The zero-order valence-electron chi connectivity index (χ0n) is 18.2. The Morgan fingerprint density at radius 2 is 2.03 bits per heavy atom.